The van der Waals surface area contributed by atoms with Crippen molar-refractivity contribution in [1.29, 1.82) is 0 Å². The third-order valence-electron chi connectivity index (χ3n) is 12.9. The molecular weight excluding hydrogens is 1020 g/mol. The van der Waals surface area contributed by atoms with E-state index in [9.17, 15) is 14.2 Å². The zero-order chi connectivity index (χ0) is 56.3. The molecule has 2 unspecified atom stereocenters. The molecule has 1 N–H and O–H groups in total. The second-order valence-corrected chi connectivity index (χ2v) is 22.7. The molecule has 4 aromatic rings. The van der Waals surface area contributed by atoms with Crippen molar-refractivity contribution < 1.29 is 42.1 Å². The molecule has 1 aliphatic heterocycles. The molecule has 2 atom stereocenters. The number of anilines is 2. The monoisotopic (exact) mass is 1110 g/mol. The Kier molecular flexibility index (Phi) is 27.4. The van der Waals surface area contributed by atoms with Crippen molar-refractivity contribution in [2.45, 2.75) is 94.2 Å². The molecule has 0 saturated carbocycles. The number of hydrogen-bond acceptors (Lipinski definition) is 16. The van der Waals surface area contributed by atoms with E-state index in [1.165, 1.54) is 0 Å². The standard InChI is InChI=1S/C60H85N7O9P2/c1-11-66(12-2)53-41-47(27-29-55(53)73-37-19-21-59(68)71-15-5)23-25-49-39-51(62-57(43-49)77(9)75-17-7)45-64-33-31-61-32-34-65(36-35-64)46-52-40-50(44-58(63-52)78(10,70)76-18-8)26-24-48-28-30-56(54(42-48)67(13-3)14-4)74-38-20-22-60(69)72-16-6/h27-30,39-44,61H,11-22,31-38,45-46H2,1-10H3. The van der Waals surface area contributed by atoms with Gasteiger partial charge in [0.15, 0.2) is 0 Å². The van der Waals surface area contributed by atoms with Crippen LogP contribution in [0.25, 0.3) is 0 Å². The Morgan fingerprint density at radius 3 is 1.55 bits per heavy atom. The first-order valence-corrected chi connectivity index (χ1v) is 31.7. The number of aromatic nitrogens is 2. The Balaban J connectivity index is 1.37. The first kappa shape index (κ1) is 63.3. The number of nitrogens with zero attached hydrogens (tertiary/aromatic N) is 6. The molecule has 16 nitrogen and oxygen atoms in total. The molecule has 18 heteroatoms. The molecule has 0 aliphatic carbocycles. The van der Waals surface area contributed by atoms with E-state index in [2.05, 4.69) is 101 Å². The molecule has 1 fully saturated rings. The van der Waals surface area contributed by atoms with Gasteiger partial charge in [0, 0.05) is 127 Å². The number of carbonyl (C=O) groups is 2. The summed E-state index contributed by atoms with van der Waals surface area (Å²) in [6, 6.07) is 19.9. The summed E-state index contributed by atoms with van der Waals surface area (Å²) in [5.74, 6) is 14.7. The summed E-state index contributed by atoms with van der Waals surface area (Å²) in [4.78, 5) is 43.2. The normalized spacial score (nSPS) is 14.2. The Morgan fingerprint density at radius 1 is 0.615 bits per heavy atom. The van der Waals surface area contributed by atoms with E-state index >= 15 is 0 Å². The second-order valence-electron chi connectivity index (χ2n) is 18.6. The van der Waals surface area contributed by atoms with E-state index in [0.29, 0.717) is 89.4 Å². The lowest BCUT2D eigenvalue weighted by atomic mass is 10.1. The topological polar surface area (TPSA) is 157 Å². The van der Waals surface area contributed by atoms with E-state index in [4.69, 9.17) is 38.0 Å². The molecular formula is C60H85N7O9P2. The fraction of sp³-hybridized carbons (Fsp3) is 0.533. The lowest BCUT2D eigenvalue weighted by Crippen LogP contribution is -2.36. The van der Waals surface area contributed by atoms with Crippen molar-refractivity contribution in [3.05, 3.63) is 94.3 Å². The minimum absolute atomic E-state index is 0.214. The summed E-state index contributed by atoms with van der Waals surface area (Å²) in [6.07, 6.45) is 1.74. The van der Waals surface area contributed by atoms with Crippen LogP contribution in [0.1, 0.15) is 115 Å². The van der Waals surface area contributed by atoms with Crippen LogP contribution in [0.15, 0.2) is 60.7 Å². The highest BCUT2D eigenvalue weighted by molar-refractivity contribution is 7.66. The maximum absolute atomic E-state index is 14.0. The number of ether oxygens (including phenoxy) is 4. The predicted octanol–water partition coefficient (Wildman–Crippen LogP) is 8.58. The Hall–Kier alpha value is -5.54. The molecule has 2 aromatic carbocycles. The van der Waals surface area contributed by atoms with Gasteiger partial charge in [-0.15, -0.1) is 0 Å². The van der Waals surface area contributed by atoms with Crippen molar-refractivity contribution in [1.82, 2.24) is 25.1 Å². The molecule has 424 valence electrons. The molecule has 1 saturated heterocycles. The van der Waals surface area contributed by atoms with Gasteiger partial charge in [0.1, 0.15) is 16.9 Å². The van der Waals surface area contributed by atoms with Gasteiger partial charge in [-0.1, -0.05) is 23.7 Å². The van der Waals surface area contributed by atoms with Gasteiger partial charge in [-0.25, -0.2) is 9.97 Å². The van der Waals surface area contributed by atoms with Crippen LogP contribution < -0.4 is 35.5 Å². The van der Waals surface area contributed by atoms with Gasteiger partial charge in [-0.2, -0.15) is 0 Å². The van der Waals surface area contributed by atoms with E-state index in [-0.39, 0.29) is 11.9 Å². The summed E-state index contributed by atoms with van der Waals surface area (Å²) in [5, 5.41) is 3.64. The summed E-state index contributed by atoms with van der Waals surface area (Å²) in [5.41, 5.74) is 8.13. The van der Waals surface area contributed by atoms with E-state index in [0.717, 1.165) is 122 Å². The van der Waals surface area contributed by atoms with Gasteiger partial charge in [-0.05, 0) is 136 Å². The van der Waals surface area contributed by atoms with Crippen LogP contribution in [0.5, 0.6) is 11.5 Å². The lowest BCUT2D eigenvalue weighted by Gasteiger charge is -2.26. The number of nitrogens with one attached hydrogen (secondary N) is 1. The van der Waals surface area contributed by atoms with Crippen LogP contribution in [0.2, 0.25) is 0 Å². The average molecular weight is 1110 g/mol. The van der Waals surface area contributed by atoms with Crippen LogP contribution in [0.3, 0.4) is 0 Å². The number of rotatable bonds is 28. The molecule has 1 aliphatic rings. The minimum atomic E-state index is -3.26. The zero-order valence-electron chi connectivity index (χ0n) is 48.1. The first-order valence-electron chi connectivity index (χ1n) is 27.9. The van der Waals surface area contributed by atoms with Crippen LogP contribution in [-0.4, -0.2) is 150 Å². The second kappa shape index (κ2) is 33.8. The maximum atomic E-state index is 14.0. The highest BCUT2D eigenvalue weighted by Gasteiger charge is 2.24. The van der Waals surface area contributed by atoms with Crippen molar-refractivity contribution in [3.8, 4) is 35.2 Å². The molecule has 5 rings (SSSR count). The number of carbonyl (C=O) groups excluding carboxylic acids is 2. The Bertz CT molecular complexity index is 2710. The van der Waals surface area contributed by atoms with Crippen molar-refractivity contribution >= 4 is 49.7 Å². The summed E-state index contributed by atoms with van der Waals surface area (Å²) in [7, 11) is -4.22. The number of benzene rings is 2. The van der Waals surface area contributed by atoms with Gasteiger partial charge in [0.25, 0.3) is 0 Å². The first-order chi connectivity index (χ1) is 37.8. The largest absolute Gasteiger partial charge is 0.491 e. The Labute approximate surface area is 466 Å². The molecule has 3 heterocycles. The van der Waals surface area contributed by atoms with Crippen LogP contribution in [0, 0.1) is 23.7 Å². The zero-order valence-corrected chi connectivity index (χ0v) is 49.9. The smallest absolute Gasteiger partial charge is 0.305 e. The van der Waals surface area contributed by atoms with E-state index in [1.807, 2.05) is 57.2 Å². The average Bonchev–Trinajstić information content (AvgIpc) is 3.58. The lowest BCUT2D eigenvalue weighted by molar-refractivity contribution is -0.144. The molecule has 0 bridgehead atoms. The molecule has 2 aromatic heterocycles. The van der Waals surface area contributed by atoms with Crippen LogP contribution >= 0.6 is 15.5 Å². The fourth-order valence-electron chi connectivity index (χ4n) is 8.88. The minimum Gasteiger partial charge on any atom is -0.491 e. The molecule has 78 heavy (non-hydrogen) atoms. The summed E-state index contributed by atoms with van der Waals surface area (Å²) in [6.45, 7) is 31.1. The SMILES string of the molecule is CCOC(=O)CCCOc1ccc(C#Cc2cc(CN3CCNCCN(Cc4cc(C#Cc5ccc(OCCCC(=O)OCC)c(N(CC)CC)c5)cc(P(C)(=O)OCC)n4)CC3)nc(P(C)OCC)c2)cc1N(CC)CC. The van der Waals surface area contributed by atoms with Crippen LogP contribution in [0.4, 0.5) is 11.4 Å². The highest BCUT2D eigenvalue weighted by Crippen LogP contribution is 2.40. The van der Waals surface area contributed by atoms with Crippen molar-refractivity contribution in [2.24, 2.45) is 0 Å². The number of hydrogen-bond donors (Lipinski definition) is 1. The fourth-order valence-corrected chi connectivity index (χ4v) is 11.3. The molecule has 0 spiro atoms. The maximum Gasteiger partial charge on any atom is 0.305 e. The number of pyridine rings is 2. The van der Waals surface area contributed by atoms with E-state index < -0.39 is 15.5 Å². The molecule has 0 radical (unpaired) electrons. The van der Waals surface area contributed by atoms with Crippen molar-refractivity contribution in [2.75, 3.05) is 128 Å². The quantitative estimate of drug-likeness (QED) is 0.0249. The van der Waals surface area contributed by atoms with Crippen molar-refractivity contribution in [3.63, 3.8) is 0 Å². The number of esters is 2. The van der Waals surface area contributed by atoms with E-state index in [1.54, 1.807) is 19.7 Å². The van der Waals surface area contributed by atoms with Gasteiger partial charge in [-0.3, -0.25) is 24.0 Å². The third kappa shape index (κ3) is 20.6. The summed E-state index contributed by atoms with van der Waals surface area (Å²) < 4.78 is 48.5. The van der Waals surface area contributed by atoms with Gasteiger partial charge in [0.05, 0.1) is 69.4 Å². The van der Waals surface area contributed by atoms with Gasteiger partial charge >= 0.3 is 11.9 Å². The highest BCUT2D eigenvalue weighted by atomic mass is 31.2. The predicted molar refractivity (Wildman–Crippen MR) is 315 cm³/mol. The van der Waals surface area contributed by atoms with Crippen LogP contribution in [-0.2, 0) is 45.8 Å². The Morgan fingerprint density at radius 2 is 1.09 bits per heavy atom. The molecule has 0 amide bonds. The third-order valence-corrected chi connectivity index (χ3v) is 16.2. The van der Waals surface area contributed by atoms with Gasteiger partial charge < -0.3 is 43.1 Å². The summed E-state index contributed by atoms with van der Waals surface area (Å²) >= 11 is 0. The van der Waals surface area contributed by atoms with Gasteiger partial charge in [0.2, 0.25) is 7.37 Å².